The predicted molar refractivity (Wildman–Crippen MR) is 73.3 cm³/mol. The number of amides is 1. The number of hydrogen-bond acceptors (Lipinski definition) is 3. The molecule has 1 atom stereocenters. The number of benzene rings is 1. The number of nitrogens with one attached hydrogen (secondary N) is 2. The van der Waals surface area contributed by atoms with Crippen molar-refractivity contribution < 1.29 is 4.79 Å². The maximum atomic E-state index is 11.5. The van der Waals surface area contributed by atoms with E-state index in [1.807, 2.05) is 13.8 Å². The van der Waals surface area contributed by atoms with Gasteiger partial charge in [-0.25, -0.2) is 0 Å². The zero-order valence-electron chi connectivity index (χ0n) is 10.6. The second-order valence-corrected chi connectivity index (χ2v) is 4.72. The molecule has 0 aromatic heterocycles. The van der Waals surface area contributed by atoms with Crippen molar-refractivity contribution in [3.8, 4) is 0 Å². The Morgan fingerprint density at radius 1 is 1.35 bits per heavy atom. The van der Waals surface area contributed by atoms with Crippen LogP contribution in [-0.4, -0.2) is 25.3 Å². The minimum atomic E-state index is 0.0355. The Morgan fingerprint density at radius 3 is 2.53 bits per heavy atom. The maximum absolute atomic E-state index is 11.5. The second kappa shape index (κ2) is 7.35. The summed E-state index contributed by atoms with van der Waals surface area (Å²) in [4.78, 5) is 12.8. The summed E-state index contributed by atoms with van der Waals surface area (Å²) >= 11 is 1.72. The summed E-state index contributed by atoms with van der Waals surface area (Å²) in [5.74, 6) is 0.0355. The van der Waals surface area contributed by atoms with Crippen LogP contribution in [0.2, 0.25) is 0 Å². The van der Waals surface area contributed by atoms with Gasteiger partial charge in [0, 0.05) is 4.90 Å². The highest BCUT2D eigenvalue weighted by Gasteiger charge is 2.08. The Labute approximate surface area is 107 Å². The van der Waals surface area contributed by atoms with Crippen LogP contribution in [0.4, 0.5) is 0 Å². The largest absolute Gasteiger partial charge is 0.348 e. The molecule has 2 N–H and O–H groups in total. The summed E-state index contributed by atoms with van der Waals surface area (Å²) < 4.78 is 0. The lowest BCUT2D eigenvalue weighted by molar-refractivity contribution is -0.120. The zero-order chi connectivity index (χ0) is 12.7. The average molecular weight is 252 g/mol. The molecular weight excluding hydrogens is 232 g/mol. The first-order valence-electron chi connectivity index (χ1n) is 5.81. The van der Waals surface area contributed by atoms with Gasteiger partial charge in [-0.3, -0.25) is 4.79 Å². The van der Waals surface area contributed by atoms with Crippen LogP contribution in [-0.2, 0) is 4.79 Å². The van der Waals surface area contributed by atoms with Gasteiger partial charge in [0.25, 0.3) is 0 Å². The molecule has 94 valence electrons. The topological polar surface area (TPSA) is 41.1 Å². The van der Waals surface area contributed by atoms with Gasteiger partial charge in [0.05, 0.1) is 12.6 Å². The lowest BCUT2D eigenvalue weighted by Gasteiger charge is -2.14. The Hall–Kier alpha value is -1.00. The molecular formula is C13H20N2OS. The Balaban J connectivity index is 2.51. The van der Waals surface area contributed by atoms with Crippen molar-refractivity contribution in [3.63, 3.8) is 0 Å². The van der Waals surface area contributed by atoms with Gasteiger partial charge in [-0.15, -0.1) is 11.8 Å². The molecule has 0 saturated heterocycles. The number of thioether (sulfide) groups is 1. The second-order valence-electron chi connectivity index (χ2n) is 3.84. The molecule has 3 nitrogen and oxygen atoms in total. The third-order valence-electron chi connectivity index (χ3n) is 2.53. The summed E-state index contributed by atoms with van der Waals surface area (Å²) in [5.41, 5.74) is 1.13. The first-order chi connectivity index (χ1) is 8.17. The van der Waals surface area contributed by atoms with E-state index in [-0.39, 0.29) is 11.9 Å². The van der Waals surface area contributed by atoms with E-state index in [0.29, 0.717) is 6.54 Å². The Morgan fingerprint density at radius 2 is 2.00 bits per heavy atom. The molecule has 1 unspecified atom stereocenters. The third kappa shape index (κ3) is 4.79. The zero-order valence-corrected chi connectivity index (χ0v) is 11.4. The summed E-state index contributed by atoms with van der Waals surface area (Å²) in [6.07, 6.45) is 2.05. The highest BCUT2D eigenvalue weighted by atomic mass is 32.2. The third-order valence-corrected chi connectivity index (χ3v) is 3.27. The fourth-order valence-electron chi connectivity index (χ4n) is 1.51. The molecule has 17 heavy (non-hydrogen) atoms. The van der Waals surface area contributed by atoms with Gasteiger partial charge in [-0.2, -0.15) is 0 Å². The minimum Gasteiger partial charge on any atom is -0.348 e. The highest BCUT2D eigenvalue weighted by molar-refractivity contribution is 7.98. The van der Waals surface area contributed by atoms with E-state index in [2.05, 4.69) is 41.2 Å². The fraction of sp³-hybridized carbons (Fsp3) is 0.462. The molecule has 1 aromatic carbocycles. The first kappa shape index (κ1) is 14.1. The van der Waals surface area contributed by atoms with Crippen molar-refractivity contribution >= 4 is 17.7 Å². The molecule has 0 spiro atoms. The molecule has 0 aliphatic carbocycles. The van der Waals surface area contributed by atoms with Gasteiger partial charge in [-0.05, 0) is 37.4 Å². The van der Waals surface area contributed by atoms with Gasteiger partial charge in [0.1, 0.15) is 0 Å². The first-order valence-corrected chi connectivity index (χ1v) is 7.04. The normalized spacial score (nSPS) is 12.2. The quantitative estimate of drug-likeness (QED) is 0.763. The summed E-state index contributed by atoms with van der Waals surface area (Å²) in [6, 6.07) is 8.32. The number of likely N-dealkylation sites (N-methyl/N-ethyl adjacent to an activating group) is 1. The molecule has 0 aliphatic rings. The van der Waals surface area contributed by atoms with Gasteiger partial charge in [0.15, 0.2) is 0 Å². The smallest absolute Gasteiger partial charge is 0.234 e. The molecule has 4 heteroatoms. The Kier molecular flexibility index (Phi) is 6.08. The van der Waals surface area contributed by atoms with Crippen LogP contribution in [0, 0.1) is 0 Å². The van der Waals surface area contributed by atoms with E-state index in [4.69, 9.17) is 0 Å². The van der Waals surface area contributed by atoms with E-state index in [9.17, 15) is 4.79 Å². The van der Waals surface area contributed by atoms with Crippen molar-refractivity contribution in [2.45, 2.75) is 24.8 Å². The van der Waals surface area contributed by atoms with Crippen molar-refractivity contribution in [2.24, 2.45) is 0 Å². The van der Waals surface area contributed by atoms with Crippen LogP contribution >= 0.6 is 11.8 Å². The standard InChI is InChI=1S/C13H20N2OS/c1-4-14-9-13(16)15-10(2)11-5-7-12(17-3)8-6-11/h5-8,10,14H,4,9H2,1-3H3,(H,15,16). The van der Waals surface area contributed by atoms with Gasteiger partial charge >= 0.3 is 0 Å². The van der Waals surface area contributed by atoms with Gasteiger partial charge in [-0.1, -0.05) is 19.1 Å². The van der Waals surface area contributed by atoms with Crippen LogP contribution in [0.25, 0.3) is 0 Å². The van der Waals surface area contributed by atoms with E-state index in [1.54, 1.807) is 11.8 Å². The van der Waals surface area contributed by atoms with Gasteiger partial charge in [0.2, 0.25) is 5.91 Å². The van der Waals surface area contributed by atoms with Crippen LogP contribution in [0.1, 0.15) is 25.5 Å². The van der Waals surface area contributed by atoms with Crippen molar-refractivity contribution in [3.05, 3.63) is 29.8 Å². The maximum Gasteiger partial charge on any atom is 0.234 e. The van der Waals surface area contributed by atoms with E-state index in [0.717, 1.165) is 12.1 Å². The van der Waals surface area contributed by atoms with Crippen molar-refractivity contribution in [1.82, 2.24) is 10.6 Å². The lowest BCUT2D eigenvalue weighted by atomic mass is 10.1. The van der Waals surface area contributed by atoms with E-state index >= 15 is 0 Å². The average Bonchev–Trinajstić information content (AvgIpc) is 2.36. The molecule has 0 fully saturated rings. The van der Waals surface area contributed by atoms with Crippen molar-refractivity contribution in [2.75, 3.05) is 19.3 Å². The molecule has 0 radical (unpaired) electrons. The van der Waals surface area contributed by atoms with Crippen LogP contribution in [0.15, 0.2) is 29.2 Å². The number of carbonyl (C=O) groups is 1. The minimum absolute atomic E-state index is 0.0355. The fourth-order valence-corrected chi connectivity index (χ4v) is 1.92. The molecule has 1 aromatic rings. The number of carbonyl (C=O) groups excluding carboxylic acids is 1. The highest BCUT2D eigenvalue weighted by Crippen LogP contribution is 2.18. The predicted octanol–water partition coefficient (Wildman–Crippen LogP) is 2.20. The van der Waals surface area contributed by atoms with Gasteiger partial charge < -0.3 is 10.6 Å². The van der Waals surface area contributed by atoms with Crippen molar-refractivity contribution in [1.29, 1.82) is 0 Å². The molecule has 0 saturated carbocycles. The summed E-state index contributed by atoms with van der Waals surface area (Å²) in [7, 11) is 0. The van der Waals surface area contributed by atoms with Crippen LogP contribution < -0.4 is 10.6 Å². The molecule has 0 heterocycles. The van der Waals surface area contributed by atoms with Crippen LogP contribution in [0.5, 0.6) is 0 Å². The molecule has 0 bridgehead atoms. The van der Waals surface area contributed by atoms with E-state index < -0.39 is 0 Å². The number of rotatable bonds is 6. The lowest BCUT2D eigenvalue weighted by Crippen LogP contribution is -2.35. The monoisotopic (exact) mass is 252 g/mol. The molecule has 0 aliphatic heterocycles. The summed E-state index contributed by atoms with van der Waals surface area (Å²) in [5, 5.41) is 5.97. The molecule has 1 amide bonds. The number of hydrogen-bond donors (Lipinski definition) is 2. The summed E-state index contributed by atoms with van der Waals surface area (Å²) in [6.45, 7) is 5.17. The Bertz CT molecular complexity index is 351. The van der Waals surface area contributed by atoms with E-state index in [1.165, 1.54) is 4.90 Å². The SMILES string of the molecule is CCNCC(=O)NC(C)c1ccc(SC)cc1. The molecule has 1 rings (SSSR count). The van der Waals surface area contributed by atoms with Crippen LogP contribution in [0.3, 0.4) is 0 Å².